The van der Waals surface area contributed by atoms with E-state index in [1.807, 2.05) is 61.5 Å². The Morgan fingerprint density at radius 1 is 0.875 bits per heavy atom. The number of benzene rings is 3. The van der Waals surface area contributed by atoms with Crippen LogP contribution < -0.4 is 10.6 Å². The summed E-state index contributed by atoms with van der Waals surface area (Å²) in [6.45, 7) is 2.35. The minimum absolute atomic E-state index is 0.0735. The molecule has 162 valence electrons. The zero-order valence-electron chi connectivity index (χ0n) is 17.5. The van der Waals surface area contributed by atoms with Crippen LogP contribution in [-0.2, 0) is 15.0 Å². The number of hydrogen-bond acceptors (Lipinski definition) is 2. The average Bonchev–Trinajstić information content (AvgIpc) is 2.93. The highest BCUT2D eigenvalue weighted by atomic mass is 35.5. The zero-order valence-corrected chi connectivity index (χ0v) is 19.0. The maximum atomic E-state index is 14.0. The molecule has 1 saturated heterocycles. The van der Waals surface area contributed by atoms with Gasteiger partial charge in [-0.1, -0.05) is 71.2 Å². The summed E-state index contributed by atoms with van der Waals surface area (Å²) in [5.74, 6) is -0.879. The topological polar surface area (TPSA) is 58.2 Å². The maximum Gasteiger partial charge on any atom is 0.236 e. The molecule has 0 aliphatic carbocycles. The van der Waals surface area contributed by atoms with Gasteiger partial charge in [-0.25, -0.2) is 0 Å². The van der Waals surface area contributed by atoms with Crippen LogP contribution >= 0.6 is 23.2 Å². The summed E-state index contributed by atoms with van der Waals surface area (Å²) in [6, 6.07) is 21.2. The van der Waals surface area contributed by atoms with Crippen molar-refractivity contribution in [1.29, 1.82) is 0 Å². The van der Waals surface area contributed by atoms with E-state index in [1.165, 1.54) is 0 Å². The van der Waals surface area contributed by atoms with Crippen molar-refractivity contribution in [2.75, 3.05) is 11.9 Å². The monoisotopic (exact) mass is 464 g/mol. The van der Waals surface area contributed by atoms with Crippen LogP contribution in [0.1, 0.15) is 40.5 Å². The number of fused-ring (bicyclic) bond motifs is 2. The van der Waals surface area contributed by atoms with Crippen molar-refractivity contribution in [3.05, 3.63) is 99.0 Å². The Morgan fingerprint density at radius 3 is 2.34 bits per heavy atom. The number of carbonyl (C=O) groups excluding carboxylic acids is 2. The van der Waals surface area contributed by atoms with E-state index in [4.69, 9.17) is 23.2 Å². The first-order valence-electron chi connectivity index (χ1n) is 10.6. The SMILES string of the molecule is Cc1cccc([C@H]2CC(=O)NC[C@@H](c3cccc(Cl)c3)[C@]23C(=O)Nc2cc(Cl)ccc23)c1. The van der Waals surface area contributed by atoms with Gasteiger partial charge < -0.3 is 10.6 Å². The second-order valence-electron chi connectivity index (χ2n) is 8.60. The van der Waals surface area contributed by atoms with Gasteiger partial charge in [0.25, 0.3) is 0 Å². The standard InChI is InChI=1S/C26H22Cl2N2O2/c1-15-4-2-5-16(10-15)21-13-24(31)29-14-22(17-6-3-7-18(27)11-17)26(21)20-9-8-19(28)12-23(20)30-25(26)32/h2-12,21-22H,13-14H2,1H3,(H,29,31)(H,30,32)/t21-,22+,26-/m1/s1. The molecule has 5 rings (SSSR count). The fraction of sp³-hybridized carbons (Fsp3) is 0.231. The number of aryl methyl sites for hydroxylation is 1. The quantitative estimate of drug-likeness (QED) is 0.519. The van der Waals surface area contributed by atoms with Gasteiger partial charge in [0, 0.05) is 40.5 Å². The molecule has 2 amide bonds. The van der Waals surface area contributed by atoms with Gasteiger partial charge in [0.2, 0.25) is 11.8 Å². The highest BCUT2D eigenvalue weighted by molar-refractivity contribution is 6.31. The van der Waals surface area contributed by atoms with E-state index >= 15 is 0 Å². The Kier molecular flexibility index (Phi) is 5.23. The number of halogens is 2. The molecule has 2 N–H and O–H groups in total. The van der Waals surface area contributed by atoms with Crippen molar-refractivity contribution in [3.63, 3.8) is 0 Å². The van der Waals surface area contributed by atoms with Crippen molar-refractivity contribution in [2.24, 2.45) is 0 Å². The lowest BCUT2D eigenvalue weighted by atomic mass is 9.59. The summed E-state index contributed by atoms with van der Waals surface area (Å²) in [4.78, 5) is 26.9. The predicted octanol–water partition coefficient (Wildman–Crippen LogP) is 5.58. The van der Waals surface area contributed by atoms with Gasteiger partial charge in [-0.3, -0.25) is 9.59 Å². The molecular formula is C26H22Cl2N2O2. The lowest BCUT2D eigenvalue weighted by molar-refractivity contribution is -0.123. The molecule has 0 unspecified atom stereocenters. The number of hydrogen-bond donors (Lipinski definition) is 2. The lowest BCUT2D eigenvalue weighted by Crippen LogP contribution is -2.46. The number of amides is 2. The smallest absolute Gasteiger partial charge is 0.236 e. The van der Waals surface area contributed by atoms with E-state index in [0.717, 1.165) is 22.3 Å². The summed E-state index contributed by atoms with van der Waals surface area (Å²) < 4.78 is 0. The Morgan fingerprint density at radius 2 is 1.59 bits per heavy atom. The van der Waals surface area contributed by atoms with Crippen molar-refractivity contribution >= 4 is 40.7 Å². The van der Waals surface area contributed by atoms with Gasteiger partial charge in [-0.15, -0.1) is 0 Å². The summed E-state index contributed by atoms with van der Waals surface area (Å²) in [5, 5.41) is 7.27. The van der Waals surface area contributed by atoms with Crippen LogP contribution in [0.4, 0.5) is 5.69 Å². The summed E-state index contributed by atoms with van der Waals surface area (Å²) in [5.41, 5.74) is 3.51. The number of rotatable bonds is 2. The highest BCUT2D eigenvalue weighted by Crippen LogP contribution is 2.57. The van der Waals surface area contributed by atoms with Crippen molar-refractivity contribution < 1.29 is 9.59 Å². The minimum atomic E-state index is -1.00. The summed E-state index contributed by atoms with van der Waals surface area (Å²) in [6.07, 6.45) is 0.204. The summed E-state index contributed by atoms with van der Waals surface area (Å²) >= 11 is 12.6. The predicted molar refractivity (Wildman–Crippen MR) is 127 cm³/mol. The molecule has 3 aromatic carbocycles. The molecule has 6 heteroatoms. The van der Waals surface area contributed by atoms with Crippen LogP contribution in [0.3, 0.4) is 0 Å². The van der Waals surface area contributed by atoms with E-state index in [2.05, 4.69) is 16.7 Å². The molecule has 3 atom stereocenters. The van der Waals surface area contributed by atoms with Crippen LogP contribution in [0.15, 0.2) is 66.7 Å². The van der Waals surface area contributed by atoms with Gasteiger partial charge in [-0.05, 0) is 47.9 Å². The minimum Gasteiger partial charge on any atom is -0.355 e. The molecule has 1 spiro atoms. The van der Waals surface area contributed by atoms with Crippen molar-refractivity contribution in [2.45, 2.75) is 30.6 Å². The highest BCUT2D eigenvalue weighted by Gasteiger charge is 2.59. The molecule has 0 radical (unpaired) electrons. The molecule has 2 heterocycles. The Balaban J connectivity index is 1.83. The molecule has 0 bridgehead atoms. The van der Waals surface area contributed by atoms with Crippen LogP contribution in [-0.4, -0.2) is 18.4 Å². The van der Waals surface area contributed by atoms with E-state index < -0.39 is 5.41 Å². The fourth-order valence-corrected chi connectivity index (χ4v) is 5.80. The number of carbonyl (C=O) groups is 2. The maximum absolute atomic E-state index is 14.0. The number of nitrogens with one attached hydrogen (secondary N) is 2. The first-order valence-corrected chi connectivity index (χ1v) is 11.4. The first kappa shape index (κ1) is 21.0. The van der Waals surface area contributed by atoms with Crippen LogP contribution in [0.5, 0.6) is 0 Å². The molecule has 0 aromatic heterocycles. The van der Waals surface area contributed by atoms with E-state index in [1.54, 1.807) is 6.07 Å². The van der Waals surface area contributed by atoms with Crippen LogP contribution in [0.2, 0.25) is 10.0 Å². The molecule has 1 fully saturated rings. The average molecular weight is 465 g/mol. The van der Waals surface area contributed by atoms with E-state index in [-0.39, 0.29) is 30.1 Å². The van der Waals surface area contributed by atoms with Crippen LogP contribution in [0, 0.1) is 6.92 Å². The van der Waals surface area contributed by atoms with Crippen molar-refractivity contribution in [1.82, 2.24) is 5.32 Å². The Labute approximate surface area is 196 Å². The molecule has 32 heavy (non-hydrogen) atoms. The first-order chi connectivity index (χ1) is 15.4. The van der Waals surface area contributed by atoms with Gasteiger partial charge in [0.1, 0.15) is 0 Å². The Bertz CT molecular complexity index is 1240. The molecule has 3 aromatic rings. The van der Waals surface area contributed by atoms with E-state index in [9.17, 15) is 9.59 Å². The van der Waals surface area contributed by atoms with Gasteiger partial charge in [0.05, 0.1) is 5.41 Å². The zero-order chi connectivity index (χ0) is 22.5. The fourth-order valence-electron chi connectivity index (χ4n) is 5.43. The second kappa shape index (κ2) is 7.95. The molecule has 0 saturated carbocycles. The van der Waals surface area contributed by atoms with Gasteiger partial charge in [-0.2, -0.15) is 0 Å². The largest absolute Gasteiger partial charge is 0.355 e. The summed E-state index contributed by atoms with van der Waals surface area (Å²) in [7, 11) is 0. The van der Waals surface area contributed by atoms with Crippen molar-refractivity contribution in [3.8, 4) is 0 Å². The molecule has 4 nitrogen and oxygen atoms in total. The van der Waals surface area contributed by atoms with Crippen LogP contribution in [0.25, 0.3) is 0 Å². The van der Waals surface area contributed by atoms with Gasteiger partial charge in [0.15, 0.2) is 0 Å². The lowest BCUT2D eigenvalue weighted by Gasteiger charge is -2.41. The van der Waals surface area contributed by atoms with E-state index in [0.29, 0.717) is 22.3 Å². The molecular weight excluding hydrogens is 443 g/mol. The number of anilines is 1. The Hall–Kier alpha value is -2.82. The third-order valence-electron chi connectivity index (χ3n) is 6.74. The second-order valence-corrected chi connectivity index (χ2v) is 9.47. The molecule has 2 aliphatic rings. The third-order valence-corrected chi connectivity index (χ3v) is 7.21. The normalized spacial score (nSPS) is 24.6. The third kappa shape index (κ3) is 3.30. The van der Waals surface area contributed by atoms with Gasteiger partial charge >= 0.3 is 0 Å². The molecule has 2 aliphatic heterocycles.